The molecule has 0 bridgehead atoms. The Morgan fingerprint density at radius 3 is 2.48 bits per heavy atom. The van der Waals surface area contributed by atoms with Crippen LogP contribution in [-0.2, 0) is 0 Å². The summed E-state index contributed by atoms with van der Waals surface area (Å²) in [6.07, 6.45) is 0. The van der Waals surface area contributed by atoms with E-state index in [4.69, 9.17) is 0 Å². The van der Waals surface area contributed by atoms with Crippen molar-refractivity contribution < 1.29 is 13.9 Å². The van der Waals surface area contributed by atoms with Gasteiger partial charge in [-0.05, 0) is 24.3 Å². The van der Waals surface area contributed by atoms with Crippen LogP contribution in [0.4, 0.5) is 20.4 Å². The fourth-order valence-electron chi connectivity index (χ4n) is 2.11. The van der Waals surface area contributed by atoms with Gasteiger partial charge in [0.1, 0.15) is 17.2 Å². The summed E-state index contributed by atoms with van der Waals surface area (Å²) >= 11 is 0. The third kappa shape index (κ3) is 3.03. The summed E-state index contributed by atoms with van der Waals surface area (Å²) in [7, 11) is 0. The van der Waals surface area contributed by atoms with Crippen molar-refractivity contribution in [3.63, 3.8) is 0 Å². The average molecular weight is 315 g/mol. The number of aromatic amines is 1. The van der Waals surface area contributed by atoms with Crippen LogP contribution in [0.25, 0.3) is 11.1 Å². The molecule has 0 aliphatic rings. The molecule has 0 spiro atoms. The number of benzene rings is 2. The molecule has 7 heteroatoms. The molecular formula is C16H11F2N3O2. The molecular weight excluding hydrogens is 304 g/mol. The lowest BCUT2D eigenvalue weighted by molar-refractivity contribution is 0.453. The predicted octanol–water partition coefficient (Wildman–Crippen LogP) is 3.16. The fourth-order valence-corrected chi connectivity index (χ4v) is 2.11. The van der Waals surface area contributed by atoms with Gasteiger partial charge in [-0.1, -0.05) is 18.2 Å². The number of anilines is 2. The Morgan fingerprint density at radius 2 is 1.83 bits per heavy atom. The van der Waals surface area contributed by atoms with Crippen LogP contribution in [-0.4, -0.2) is 15.1 Å². The Balaban J connectivity index is 2.03. The second kappa shape index (κ2) is 5.88. The van der Waals surface area contributed by atoms with Crippen molar-refractivity contribution in [3.05, 3.63) is 70.5 Å². The number of nitrogens with one attached hydrogen (secondary N) is 2. The molecule has 1 heterocycles. The molecule has 0 aliphatic heterocycles. The SMILES string of the molecule is O=c1[nH]c(Nc2ccccc2)nc(O)c1-c1ccc(F)cc1F. The smallest absolute Gasteiger partial charge is 0.264 e. The topological polar surface area (TPSA) is 78.0 Å². The monoisotopic (exact) mass is 315 g/mol. The Hall–Kier alpha value is -3.22. The van der Waals surface area contributed by atoms with Crippen molar-refractivity contribution in [2.24, 2.45) is 0 Å². The van der Waals surface area contributed by atoms with Crippen LogP contribution in [0.2, 0.25) is 0 Å². The van der Waals surface area contributed by atoms with Gasteiger partial charge in [-0.3, -0.25) is 9.78 Å². The minimum atomic E-state index is -0.962. The summed E-state index contributed by atoms with van der Waals surface area (Å²) in [6.45, 7) is 0. The molecule has 116 valence electrons. The molecule has 5 nitrogen and oxygen atoms in total. The van der Waals surface area contributed by atoms with Gasteiger partial charge in [0.05, 0.1) is 0 Å². The number of aromatic hydroxyl groups is 1. The van der Waals surface area contributed by atoms with E-state index in [-0.39, 0.29) is 17.1 Å². The zero-order chi connectivity index (χ0) is 16.4. The first-order chi connectivity index (χ1) is 11.0. The predicted molar refractivity (Wildman–Crippen MR) is 81.6 cm³/mol. The Morgan fingerprint density at radius 1 is 1.09 bits per heavy atom. The third-order valence-corrected chi connectivity index (χ3v) is 3.14. The lowest BCUT2D eigenvalue weighted by Gasteiger charge is -2.08. The molecule has 0 fully saturated rings. The van der Waals surface area contributed by atoms with Crippen molar-refractivity contribution in [3.8, 4) is 17.0 Å². The lowest BCUT2D eigenvalue weighted by atomic mass is 10.1. The van der Waals surface area contributed by atoms with Gasteiger partial charge in [0.25, 0.3) is 5.56 Å². The summed E-state index contributed by atoms with van der Waals surface area (Å²) in [5.41, 5.74) is -0.692. The number of para-hydroxylation sites is 1. The molecule has 0 unspecified atom stereocenters. The van der Waals surface area contributed by atoms with Gasteiger partial charge in [0.2, 0.25) is 11.8 Å². The first-order valence-electron chi connectivity index (χ1n) is 6.65. The molecule has 0 saturated carbocycles. The fraction of sp³-hybridized carbons (Fsp3) is 0. The first kappa shape index (κ1) is 14.7. The standard InChI is InChI=1S/C16H11F2N3O2/c17-9-6-7-11(12(18)8-9)13-14(22)20-16(21-15(13)23)19-10-4-2-1-3-5-10/h1-8H,(H3,19,20,21,22,23). The summed E-state index contributed by atoms with van der Waals surface area (Å²) in [4.78, 5) is 18.3. The molecule has 2 aromatic carbocycles. The van der Waals surface area contributed by atoms with Gasteiger partial charge in [-0.25, -0.2) is 8.78 Å². The molecule has 3 rings (SSSR count). The second-order valence-electron chi connectivity index (χ2n) is 4.73. The van der Waals surface area contributed by atoms with Crippen LogP contribution in [0.5, 0.6) is 5.88 Å². The molecule has 3 N–H and O–H groups in total. The normalized spacial score (nSPS) is 10.5. The number of halogens is 2. The van der Waals surface area contributed by atoms with E-state index < -0.39 is 23.1 Å². The maximum absolute atomic E-state index is 13.8. The van der Waals surface area contributed by atoms with Crippen molar-refractivity contribution >= 4 is 11.6 Å². The molecule has 1 aromatic heterocycles. The molecule has 0 aliphatic carbocycles. The van der Waals surface area contributed by atoms with E-state index in [0.717, 1.165) is 12.1 Å². The maximum Gasteiger partial charge on any atom is 0.264 e. The van der Waals surface area contributed by atoms with E-state index in [9.17, 15) is 18.7 Å². The summed E-state index contributed by atoms with van der Waals surface area (Å²) in [5.74, 6) is -2.39. The van der Waals surface area contributed by atoms with Crippen LogP contribution >= 0.6 is 0 Å². The molecule has 23 heavy (non-hydrogen) atoms. The van der Waals surface area contributed by atoms with Gasteiger partial charge in [0.15, 0.2) is 0 Å². The number of H-pyrrole nitrogens is 1. The van der Waals surface area contributed by atoms with Gasteiger partial charge in [-0.15, -0.1) is 0 Å². The summed E-state index contributed by atoms with van der Waals surface area (Å²) in [6, 6.07) is 11.6. The van der Waals surface area contributed by atoms with Crippen LogP contribution in [0.3, 0.4) is 0 Å². The van der Waals surface area contributed by atoms with Crippen LogP contribution in [0.15, 0.2) is 53.3 Å². The number of nitrogens with zero attached hydrogens (tertiary/aromatic N) is 1. The highest BCUT2D eigenvalue weighted by atomic mass is 19.1. The average Bonchev–Trinajstić information content (AvgIpc) is 2.50. The van der Waals surface area contributed by atoms with E-state index in [2.05, 4.69) is 15.3 Å². The quantitative estimate of drug-likeness (QED) is 0.694. The Labute approximate surface area is 129 Å². The van der Waals surface area contributed by atoms with E-state index in [0.29, 0.717) is 11.8 Å². The van der Waals surface area contributed by atoms with E-state index >= 15 is 0 Å². The summed E-state index contributed by atoms with van der Waals surface area (Å²) < 4.78 is 26.8. The van der Waals surface area contributed by atoms with Crippen LogP contribution in [0.1, 0.15) is 0 Å². The Kier molecular flexibility index (Phi) is 3.76. The van der Waals surface area contributed by atoms with Crippen molar-refractivity contribution in [2.75, 3.05) is 5.32 Å². The van der Waals surface area contributed by atoms with Gasteiger partial charge >= 0.3 is 0 Å². The van der Waals surface area contributed by atoms with E-state index in [1.807, 2.05) is 6.07 Å². The van der Waals surface area contributed by atoms with Gasteiger partial charge in [0, 0.05) is 17.3 Å². The highest BCUT2D eigenvalue weighted by Crippen LogP contribution is 2.27. The minimum Gasteiger partial charge on any atom is -0.493 e. The highest BCUT2D eigenvalue weighted by molar-refractivity contribution is 5.69. The number of rotatable bonds is 3. The maximum atomic E-state index is 13.8. The number of aromatic nitrogens is 2. The van der Waals surface area contributed by atoms with Crippen LogP contribution < -0.4 is 10.9 Å². The lowest BCUT2D eigenvalue weighted by Crippen LogP contribution is -2.14. The highest BCUT2D eigenvalue weighted by Gasteiger charge is 2.17. The zero-order valence-electron chi connectivity index (χ0n) is 11.7. The molecule has 0 amide bonds. The number of hydrogen-bond donors (Lipinski definition) is 3. The molecule has 0 atom stereocenters. The van der Waals surface area contributed by atoms with Crippen molar-refractivity contribution in [2.45, 2.75) is 0 Å². The largest absolute Gasteiger partial charge is 0.493 e. The minimum absolute atomic E-state index is 0.00460. The third-order valence-electron chi connectivity index (χ3n) is 3.14. The molecule has 0 saturated heterocycles. The van der Waals surface area contributed by atoms with E-state index in [1.165, 1.54) is 0 Å². The van der Waals surface area contributed by atoms with E-state index in [1.54, 1.807) is 24.3 Å². The second-order valence-corrected chi connectivity index (χ2v) is 4.73. The van der Waals surface area contributed by atoms with Crippen molar-refractivity contribution in [1.29, 1.82) is 0 Å². The summed E-state index contributed by atoms with van der Waals surface area (Å²) in [5, 5.41) is 12.8. The Bertz CT molecular complexity index is 911. The first-order valence-corrected chi connectivity index (χ1v) is 6.65. The molecule has 0 radical (unpaired) electrons. The van der Waals surface area contributed by atoms with Gasteiger partial charge in [-0.2, -0.15) is 4.98 Å². The number of hydrogen-bond acceptors (Lipinski definition) is 4. The van der Waals surface area contributed by atoms with Crippen molar-refractivity contribution in [1.82, 2.24) is 9.97 Å². The molecule has 3 aromatic rings. The van der Waals surface area contributed by atoms with Crippen LogP contribution in [0, 0.1) is 11.6 Å². The zero-order valence-corrected chi connectivity index (χ0v) is 11.7. The van der Waals surface area contributed by atoms with Gasteiger partial charge < -0.3 is 10.4 Å².